The van der Waals surface area contributed by atoms with Crippen molar-refractivity contribution in [2.24, 2.45) is 0 Å². The fraction of sp³-hybridized carbons (Fsp3) is 0.407. The van der Waals surface area contributed by atoms with Crippen LogP contribution in [0.4, 0.5) is 0 Å². The zero-order chi connectivity index (χ0) is 28.3. The van der Waals surface area contributed by atoms with Crippen LogP contribution in [-0.4, -0.2) is 59.6 Å². The van der Waals surface area contributed by atoms with Crippen LogP contribution >= 0.6 is 34.8 Å². The molecule has 1 amide bonds. The van der Waals surface area contributed by atoms with Crippen LogP contribution in [0, 0.1) is 0 Å². The molecule has 5 rings (SSSR count). The van der Waals surface area contributed by atoms with E-state index in [4.69, 9.17) is 39.9 Å². The molecule has 1 aromatic heterocycles. The van der Waals surface area contributed by atoms with E-state index in [2.05, 4.69) is 10.1 Å². The van der Waals surface area contributed by atoms with E-state index in [1.54, 1.807) is 47.1 Å². The Hall–Kier alpha value is -2.18. The minimum absolute atomic E-state index is 0.0999. The van der Waals surface area contributed by atoms with Crippen molar-refractivity contribution in [1.82, 2.24) is 29.2 Å². The summed E-state index contributed by atoms with van der Waals surface area (Å²) in [5.41, 5.74) is 5.19. The first-order valence-corrected chi connectivity index (χ1v) is 15.9. The van der Waals surface area contributed by atoms with E-state index >= 15 is 0 Å². The van der Waals surface area contributed by atoms with Crippen LogP contribution in [0.25, 0.3) is 16.9 Å². The number of amides is 1. The molecule has 3 heterocycles. The number of nitrogens with zero attached hydrogens (tertiary/aromatic N) is 4. The second-order valence-corrected chi connectivity index (χ2v) is 13.0. The quantitative estimate of drug-likeness (QED) is 0.347. The summed E-state index contributed by atoms with van der Waals surface area (Å²) < 4.78 is 32.2. The topological polar surface area (TPSA) is 99.6 Å². The normalized spacial score (nSPS) is 17.2. The fourth-order valence-electron chi connectivity index (χ4n) is 5.09. The van der Waals surface area contributed by atoms with Crippen molar-refractivity contribution in [3.63, 3.8) is 0 Å². The number of nitrogens with one attached hydrogen (secondary N) is 2. The highest BCUT2D eigenvalue weighted by atomic mass is 35.5. The number of carbonyl (C=O) groups excluding carboxylic acids is 1. The van der Waals surface area contributed by atoms with Gasteiger partial charge in [0.15, 0.2) is 5.69 Å². The monoisotopic (exact) mass is 624 g/mol. The van der Waals surface area contributed by atoms with Crippen LogP contribution in [-0.2, 0) is 16.8 Å². The van der Waals surface area contributed by atoms with Crippen molar-refractivity contribution < 1.29 is 13.2 Å². The average molecular weight is 626 g/mol. The summed E-state index contributed by atoms with van der Waals surface area (Å²) in [6, 6.07) is 12.0. The van der Waals surface area contributed by atoms with Gasteiger partial charge < -0.3 is 0 Å². The molecule has 0 atom stereocenters. The minimum Gasteiger partial charge on any atom is -0.283 e. The SMILES string of the molecule is O=C(NN1CCCCC1)c1nn(-c2ccc(Cl)cc2Cl)c(-c2ccc(Cl)cc2)c1CNS(=O)(=O)N1CCCCC1. The number of benzene rings is 2. The number of halogens is 3. The van der Waals surface area contributed by atoms with Gasteiger partial charge in [0.05, 0.1) is 16.4 Å². The molecule has 214 valence electrons. The van der Waals surface area contributed by atoms with Crippen LogP contribution in [0.2, 0.25) is 15.1 Å². The molecule has 13 heteroatoms. The predicted molar refractivity (Wildman–Crippen MR) is 158 cm³/mol. The van der Waals surface area contributed by atoms with Crippen LogP contribution in [0.15, 0.2) is 42.5 Å². The molecule has 0 unspecified atom stereocenters. The number of hydrogen-bond acceptors (Lipinski definition) is 5. The molecule has 3 aromatic rings. The summed E-state index contributed by atoms with van der Waals surface area (Å²) in [4.78, 5) is 13.7. The third-order valence-electron chi connectivity index (χ3n) is 7.16. The maximum Gasteiger partial charge on any atom is 0.286 e. The Bertz CT molecular complexity index is 1470. The van der Waals surface area contributed by atoms with Gasteiger partial charge in [0, 0.05) is 53.9 Å². The molecule has 2 aromatic carbocycles. The predicted octanol–water partition coefficient (Wildman–Crippen LogP) is 5.45. The molecular formula is C27H31Cl3N6O3S. The molecule has 0 radical (unpaired) electrons. The third kappa shape index (κ3) is 6.65. The lowest BCUT2D eigenvalue weighted by molar-refractivity contribution is 0.0743. The van der Waals surface area contributed by atoms with E-state index in [9.17, 15) is 13.2 Å². The summed E-state index contributed by atoms with van der Waals surface area (Å²) in [7, 11) is -3.79. The van der Waals surface area contributed by atoms with Crippen LogP contribution in [0.1, 0.15) is 54.6 Å². The van der Waals surface area contributed by atoms with Crippen LogP contribution in [0.3, 0.4) is 0 Å². The van der Waals surface area contributed by atoms with Gasteiger partial charge in [-0.1, -0.05) is 59.8 Å². The van der Waals surface area contributed by atoms with E-state index in [-0.39, 0.29) is 12.2 Å². The van der Waals surface area contributed by atoms with Crippen molar-refractivity contribution in [3.8, 4) is 16.9 Å². The van der Waals surface area contributed by atoms with Gasteiger partial charge in [0.25, 0.3) is 16.1 Å². The maximum atomic E-state index is 13.7. The highest BCUT2D eigenvalue weighted by Gasteiger charge is 2.30. The summed E-state index contributed by atoms with van der Waals surface area (Å²) in [5, 5.41) is 7.91. The molecule has 0 saturated carbocycles. The Kier molecular flexibility index (Phi) is 9.36. The first-order valence-electron chi connectivity index (χ1n) is 13.4. The molecule has 0 bridgehead atoms. The lowest BCUT2D eigenvalue weighted by atomic mass is 10.0. The summed E-state index contributed by atoms with van der Waals surface area (Å²) in [6.07, 6.45) is 5.70. The molecule has 2 aliphatic rings. The van der Waals surface area contributed by atoms with Crippen molar-refractivity contribution in [2.75, 3.05) is 26.2 Å². The van der Waals surface area contributed by atoms with Gasteiger partial charge in [-0.2, -0.15) is 22.5 Å². The second kappa shape index (κ2) is 12.8. The van der Waals surface area contributed by atoms with Gasteiger partial charge in [-0.15, -0.1) is 0 Å². The Morgan fingerprint density at radius 1 is 0.850 bits per heavy atom. The van der Waals surface area contributed by atoms with E-state index in [1.807, 2.05) is 5.01 Å². The number of hydrogen-bond donors (Lipinski definition) is 2. The highest BCUT2D eigenvalue weighted by molar-refractivity contribution is 7.87. The largest absolute Gasteiger partial charge is 0.286 e. The zero-order valence-electron chi connectivity index (χ0n) is 21.9. The number of rotatable bonds is 8. The van der Waals surface area contributed by atoms with Crippen molar-refractivity contribution in [2.45, 2.75) is 45.1 Å². The van der Waals surface area contributed by atoms with Crippen molar-refractivity contribution >= 4 is 50.9 Å². The lowest BCUT2D eigenvalue weighted by Gasteiger charge is -2.27. The Morgan fingerprint density at radius 2 is 1.48 bits per heavy atom. The summed E-state index contributed by atoms with van der Waals surface area (Å²) >= 11 is 19.0. The number of carbonyl (C=O) groups is 1. The summed E-state index contributed by atoms with van der Waals surface area (Å²) in [6.45, 7) is 2.24. The molecular weight excluding hydrogens is 595 g/mol. The van der Waals surface area contributed by atoms with Crippen molar-refractivity contribution in [3.05, 3.63) is 68.8 Å². The molecule has 2 saturated heterocycles. The first-order chi connectivity index (χ1) is 19.2. The smallest absolute Gasteiger partial charge is 0.283 e. The number of aromatic nitrogens is 2. The molecule has 2 aliphatic heterocycles. The summed E-state index contributed by atoms with van der Waals surface area (Å²) in [5.74, 6) is -0.423. The lowest BCUT2D eigenvalue weighted by Crippen LogP contribution is -2.46. The molecule has 0 spiro atoms. The third-order valence-corrected chi connectivity index (χ3v) is 9.50. The first kappa shape index (κ1) is 29.3. The van der Waals surface area contributed by atoms with Gasteiger partial charge in [-0.25, -0.2) is 9.69 Å². The zero-order valence-corrected chi connectivity index (χ0v) is 25.0. The maximum absolute atomic E-state index is 13.7. The standard InChI is InChI=1S/C27H31Cl3N6O3S/c28-20-9-7-19(8-10-20)26-22(18-31-40(38,39)35-15-5-2-6-16-35)25(27(37)33-34-13-3-1-4-14-34)32-36(26)24-12-11-21(29)17-23(24)30/h7-12,17,31H,1-6,13-16,18H2,(H,33,37). The molecule has 0 aliphatic carbocycles. The van der Waals surface area contributed by atoms with Gasteiger partial charge >= 0.3 is 0 Å². The van der Waals surface area contributed by atoms with E-state index < -0.39 is 16.1 Å². The van der Waals surface area contributed by atoms with E-state index in [0.717, 1.165) is 51.6 Å². The Labute approximate surface area is 249 Å². The molecule has 2 N–H and O–H groups in total. The fourth-order valence-corrected chi connectivity index (χ4v) is 6.96. The Morgan fingerprint density at radius 3 is 2.12 bits per heavy atom. The van der Waals surface area contributed by atoms with Crippen LogP contribution in [0.5, 0.6) is 0 Å². The second-order valence-electron chi connectivity index (χ2n) is 9.96. The van der Waals surface area contributed by atoms with E-state index in [0.29, 0.717) is 50.7 Å². The van der Waals surface area contributed by atoms with Gasteiger partial charge in [0.2, 0.25) is 0 Å². The molecule has 2 fully saturated rings. The molecule has 40 heavy (non-hydrogen) atoms. The Balaban J connectivity index is 1.62. The van der Waals surface area contributed by atoms with Gasteiger partial charge in [-0.3, -0.25) is 10.2 Å². The van der Waals surface area contributed by atoms with Gasteiger partial charge in [0.1, 0.15) is 0 Å². The van der Waals surface area contributed by atoms with Gasteiger partial charge in [-0.05, 0) is 56.0 Å². The average Bonchev–Trinajstić information content (AvgIpc) is 3.33. The number of hydrazine groups is 1. The van der Waals surface area contributed by atoms with Crippen molar-refractivity contribution in [1.29, 1.82) is 0 Å². The van der Waals surface area contributed by atoms with E-state index in [1.165, 1.54) is 4.31 Å². The van der Waals surface area contributed by atoms with Crippen LogP contribution < -0.4 is 10.1 Å². The minimum atomic E-state index is -3.79. The number of piperidine rings is 2. The molecule has 9 nitrogen and oxygen atoms in total. The highest BCUT2D eigenvalue weighted by Crippen LogP contribution is 2.34.